The van der Waals surface area contributed by atoms with Crippen LogP contribution in [-0.4, -0.2) is 21.6 Å². The molecule has 0 aromatic carbocycles. The van der Waals surface area contributed by atoms with E-state index in [4.69, 9.17) is 0 Å². The molecule has 33 heavy (non-hydrogen) atoms. The molecule has 2 aromatic heterocycles. The molecule has 0 spiro atoms. The molecule has 6 rings (SSSR count). The fourth-order valence-electron chi connectivity index (χ4n) is 6.48. The van der Waals surface area contributed by atoms with Crippen LogP contribution in [0.5, 0.6) is 0 Å². The smallest absolute Gasteiger partial charge is 0.261 e. The van der Waals surface area contributed by atoms with Crippen LogP contribution in [0.3, 0.4) is 0 Å². The van der Waals surface area contributed by atoms with Gasteiger partial charge in [-0.1, -0.05) is 34.6 Å². The minimum absolute atomic E-state index is 0.00402. The first kappa shape index (κ1) is 21.4. The lowest BCUT2D eigenvalue weighted by molar-refractivity contribution is -0.125. The van der Waals surface area contributed by atoms with Crippen LogP contribution in [0.4, 0.5) is 0 Å². The molecule has 6 heterocycles. The summed E-state index contributed by atoms with van der Waals surface area (Å²) in [7, 11) is 0. The minimum Gasteiger partial charge on any atom is -0.299 e. The van der Waals surface area contributed by atoms with Crippen molar-refractivity contribution in [1.29, 1.82) is 0 Å². The SMILES string of the molecule is Cc1c(C(C)C)sc2c1C(C)N1C(=O)C3=C4c5sc(C(C)(C)C)c(C)c5C(C)N4C(=O)C3=C21. The van der Waals surface area contributed by atoms with Crippen LogP contribution in [0.25, 0.3) is 11.4 Å². The summed E-state index contributed by atoms with van der Waals surface area (Å²) >= 11 is 3.54. The largest absolute Gasteiger partial charge is 0.299 e. The second-order valence-corrected chi connectivity index (χ2v) is 13.3. The van der Waals surface area contributed by atoms with Crippen molar-refractivity contribution in [2.24, 2.45) is 0 Å². The quantitative estimate of drug-likeness (QED) is 0.452. The summed E-state index contributed by atoms with van der Waals surface area (Å²) in [4.78, 5) is 36.6. The van der Waals surface area contributed by atoms with E-state index in [2.05, 4.69) is 62.3 Å². The number of hydrogen-bond acceptors (Lipinski definition) is 4. The van der Waals surface area contributed by atoms with Gasteiger partial charge in [-0.2, -0.15) is 0 Å². The third kappa shape index (κ3) is 2.32. The van der Waals surface area contributed by atoms with E-state index < -0.39 is 0 Å². The molecular formula is C27H30N2O2S2. The molecule has 2 unspecified atom stereocenters. The number of thiophene rings is 2. The van der Waals surface area contributed by atoms with Crippen molar-refractivity contribution in [1.82, 2.24) is 9.80 Å². The van der Waals surface area contributed by atoms with Gasteiger partial charge in [-0.05, 0) is 61.3 Å². The first-order valence-electron chi connectivity index (χ1n) is 11.8. The maximum absolute atomic E-state index is 13.9. The van der Waals surface area contributed by atoms with Crippen molar-refractivity contribution < 1.29 is 9.59 Å². The zero-order valence-corrected chi connectivity index (χ0v) is 22.4. The summed E-state index contributed by atoms with van der Waals surface area (Å²) in [5.74, 6) is 0.419. The number of hydrogen-bond donors (Lipinski definition) is 0. The molecule has 172 valence electrons. The average molecular weight is 479 g/mol. The van der Waals surface area contributed by atoms with E-state index in [0.717, 1.165) is 21.1 Å². The summed E-state index contributed by atoms with van der Waals surface area (Å²) in [6, 6.07) is -0.0795. The summed E-state index contributed by atoms with van der Waals surface area (Å²) in [6.07, 6.45) is 0. The molecule has 0 bridgehead atoms. The van der Waals surface area contributed by atoms with E-state index in [0.29, 0.717) is 17.1 Å². The fraction of sp³-hybridized carbons (Fsp3) is 0.481. The zero-order valence-electron chi connectivity index (χ0n) is 20.8. The highest BCUT2D eigenvalue weighted by molar-refractivity contribution is 7.14. The van der Waals surface area contributed by atoms with Gasteiger partial charge in [0.15, 0.2) is 0 Å². The maximum atomic E-state index is 13.9. The topological polar surface area (TPSA) is 40.6 Å². The summed E-state index contributed by atoms with van der Waals surface area (Å²) < 4.78 is 0. The monoisotopic (exact) mass is 478 g/mol. The van der Waals surface area contributed by atoms with Gasteiger partial charge in [0.1, 0.15) is 0 Å². The summed E-state index contributed by atoms with van der Waals surface area (Å²) in [5.41, 5.74) is 8.05. The molecule has 0 saturated heterocycles. The Bertz CT molecular complexity index is 1380. The Morgan fingerprint density at radius 3 is 1.70 bits per heavy atom. The van der Waals surface area contributed by atoms with Gasteiger partial charge in [-0.25, -0.2) is 0 Å². The lowest BCUT2D eigenvalue weighted by atomic mass is 9.89. The molecule has 6 heteroatoms. The minimum atomic E-state index is -0.0445. The number of rotatable bonds is 1. The van der Waals surface area contributed by atoms with Gasteiger partial charge in [-0.15, -0.1) is 22.7 Å². The van der Waals surface area contributed by atoms with Crippen molar-refractivity contribution in [2.75, 3.05) is 0 Å². The predicted octanol–water partition coefficient (Wildman–Crippen LogP) is 6.80. The molecule has 4 aliphatic rings. The van der Waals surface area contributed by atoms with Crippen LogP contribution in [0.15, 0.2) is 11.1 Å². The number of nitrogens with zero attached hydrogens (tertiary/aromatic N) is 2. The highest BCUT2D eigenvalue weighted by Gasteiger charge is 2.57. The van der Waals surface area contributed by atoms with Crippen LogP contribution in [0.1, 0.15) is 108 Å². The molecule has 4 nitrogen and oxygen atoms in total. The zero-order chi connectivity index (χ0) is 23.9. The van der Waals surface area contributed by atoms with Crippen LogP contribution in [0, 0.1) is 13.8 Å². The van der Waals surface area contributed by atoms with Gasteiger partial charge in [0.2, 0.25) is 0 Å². The van der Waals surface area contributed by atoms with Gasteiger partial charge >= 0.3 is 0 Å². The standard InChI is InChI=1S/C27H30N2O2S2/c1-10(2)21-11(3)15-13(5)28-19(22(15)32-21)17-18(26(28)31)20-23-16(14(6)29(20)25(17)30)12(4)24(33-23)27(7,8)9/h10,13-14H,1-9H3. The third-order valence-electron chi connectivity index (χ3n) is 7.74. The highest BCUT2D eigenvalue weighted by Crippen LogP contribution is 2.62. The Kier molecular flexibility index (Phi) is 4.06. The molecule has 0 fully saturated rings. The number of fused-ring (bicyclic) bond motifs is 7. The second-order valence-electron chi connectivity index (χ2n) is 11.2. The van der Waals surface area contributed by atoms with Crippen molar-refractivity contribution in [3.05, 3.63) is 52.9 Å². The average Bonchev–Trinajstić information content (AvgIpc) is 3.47. The number of carbonyl (C=O) groups is 2. The molecule has 2 amide bonds. The second kappa shape index (κ2) is 6.28. The lowest BCUT2D eigenvalue weighted by Crippen LogP contribution is -2.27. The van der Waals surface area contributed by atoms with E-state index in [9.17, 15) is 9.59 Å². The Morgan fingerprint density at radius 1 is 0.788 bits per heavy atom. The molecule has 0 radical (unpaired) electrons. The normalized spacial score (nSPS) is 23.3. The molecule has 0 saturated carbocycles. The van der Waals surface area contributed by atoms with E-state index in [1.807, 2.05) is 9.80 Å². The van der Waals surface area contributed by atoms with Crippen LogP contribution < -0.4 is 0 Å². The summed E-state index contributed by atoms with van der Waals surface area (Å²) in [5, 5.41) is 0. The van der Waals surface area contributed by atoms with Crippen molar-refractivity contribution in [3.8, 4) is 0 Å². The fourth-order valence-corrected chi connectivity index (χ4v) is 9.43. The first-order valence-corrected chi connectivity index (χ1v) is 13.4. The molecule has 2 aromatic rings. The predicted molar refractivity (Wildman–Crippen MR) is 135 cm³/mol. The van der Waals surface area contributed by atoms with Crippen LogP contribution in [-0.2, 0) is 15.0 Å². The van der Waals surface area contributed by atoms with E-state index >= 15 is 0 Å². The van der Waals surface area contributed by atoms with Gasteiger partial charge in [0.05, 0.1) is 44.4 Å². The lowest BCUT2D eigenvalue weighted by Gasteiger charge is -2.24. The van der Waals surface area contributed by atoms with Crippen molar-refractivity contribution in [3.63, 3.8) is 0 Å². The highest BCUT2D eigenvalue weighted by atomic mass is 32.1. The van der Waals surface area contributed by atoms with Gasteiger partial charge in [0, 0.05) is 9.75 Å². The van der Waals surface area contributed by atoms with E-state index in [-0.39, 0.29) is 29.3 Å². The Balaban J connectivity index is 1.64. The Morgan fingerprint density at radius 2 is 1.24 bits per heavy atom. The van der Waals surface area contributed by atoms with Crippen LogP contribution in [0.2, 0.25) is 0 Å². The Labute approximate surface area is 203 Å². The molecule has 4 aliphatic heterocycles. The molecule has 0 aliphatic carbocycles. The van der Waals surface area contributed by atoms with Crippen molar-refractivity contribution in [2.45, 2.75) is 85.7 Å². The first-order chi connectivity index (χ1) is 15.4. The maximum Gasteiger partial charge on any atom is 0.261 e. The number of amides is 2. The van der Waals surface area contributed by atoms with E-state index in [1.165, 1.54) is 32.0 Å². The molecule has 2 atom stereocenters. The summed E-state index contributed by atoms with van der Waals surface area (Å²) in [6.45, 7) is 19.7. The van der Waals surface area contributed by atoms with Gasteiger partial charge < -0.3 is 0 Å². The van der Waals surface area contributed by atoms with E-state index in [1.54, 1.807) is 22.7 Å². The van der Waals surface area contributed by atoms with Gasteiger partial charge in [-0.3, -0.25) is 19.4 Å². The Hall–Kier alpha value is -2.18. The van der Waals surface area contributed by atoms with Crippen LogP contribution >= 0.6 is 22.7 Å². The molecular weight excluding hydrogens is 448 g/mol. The third-order valence-corrected chi connectivity index (χ3v) is 11.1. The van der Waals surface area contributed by atoms with Gasteiger partial charge in [0.25, 0.3) is 11.8 Å². The van der Waals surface area contributed by atoms with Crippen molar-refractivity contribution >= 4 is 45.9 Å². The molecule has 0 N–H and O–H groups in total. The number of carbonyl (C=O) groups excluding carboxylic acids is 2.